The van der Waals surface area contributed by atoms with Crippen LogP contribution in [0.25, 0.3) is 11.0 Å². The number of hydrogen-bond donors (Lipinski definition) is 1. The number of para-hydroxylation sites is 1. The number of hydrogen-bond acceptors (Lipinski definition) is 3. The standard InChI is InChI=1S/C23H25N3O3/c1-15-8-10-19(11-9-15)24-23(28)26-16(2)13-25(14-17(26)3)22(27)21-12-18-6-4-5-7-20(18)29-21/h4-12,16-17H,13-14H2,1-3H3,(H,24,28). The van der Waals surface area contributed by atoms with Gasteiger partial charge in [-0.1, -0.05) is 35.9 Å². The molecule has 0 aliphatic carbocycles. The second kappa shape index (κ2) is 7.62. The van der Waals surface area contributed by atoms with Crippen LogP contribution in [0.5, 0.6) is 0 Å². The molecule has 0 radical (unpaired) electrons. The minimum absolute atomic E-state index is 0.113. The first-order valence-electron chi connectivity index (χ1n) is 9.86. The van der Waals surface area contributed by atoms with Crippen molar-refractivity contribution in [2.24, 2.45) is 0 Å². The lowest BCUT2D eigenvalue weighted by atomic mass is 10.1. The Kier molecular flexibility index (Phi) is 5.01. The highest BCUT2D eigenvalue weighted by Crippen LogP contribution is 2.23. The van der Waals surface area contributed by atoms with E-state index in [9.17, 15) is 9.59 Å². The molecule has 2 heterocycles. The molecule has 1 N–H and O–H groups in total. The fourth-order valence-electron chi connectivity index (χ4n) is 3.96. The Bertz CT molecular complexity index is 996. The zero-order valence-electron chi connectivity index (χ0n) is 16.9. The molecule has 6 nitrogen and oxygen atoms in total. The van der Waals surface area contributed by atoms with Gasteiger partial charge in [-0.25, -0.2) is 4.79 Å². The molecule has 2 atom stereocenters. The van der Waals surface area contributed by atoms with Crippen molar-refractivity contribution in [2.75, 3.05) is 18.4 Å². The van der Waals surface area contributed by atoms with Crippen LogP contribution in [0.15, 0.2) is 59.0 Å². The maximum absolute atomic E-state index is 13.0. The Labute approximate surface area is 170 Å². The van der Waals surface area contributed by atoms with Crippen molar-refractivity contribution >= 4 is 28.6 Å². The first-order valence-corrected chi connectivity index (χ1v) is 9.86. The highest BCUT2D eigenvalue weighted by atomic mass is 16.3. The Hall–Kier alpha value is -3.28. The average Bonchev–Trinajstić information content (AvgIpc) is 3.13. The number of nitrogens with zero attached hydrogens (tertiary/aromatic N) is 2. The van der Waals surface area contributed by atoms with Crippen LogP contribution < -0.4 is 5.32 Å². The molecule has 4 rings (SSSR count). The van der Waals surface area contributed by atoms with E-state index >= 15 is 0 Å². The number of carbonyl (C=O) groups is 2. The third kappa shape index (κ3) is 3.83. The topological polar surface area (TPSA) is 65.8 Å². The molecule has 0 saturated carbocycles. The van der Waals surface area contributed by atoms with E-state index in [4.69, 9.17) is 4.42 Å². The summed E-state index contributed by atoms with van der Waals surface area (Å²) in [6.07, 6.45) is 0. The molecule has 6 heteroatoms. The lowest BCUT2D eigenvalue weighted by Crippen LogP contribution is -2.60. The molecule has 29 heavy (non-hydrogen) atoms. The zero-order valence-corrected chi connectivity index (χ0v) is 16.9. The van der Waals surface area contributed by atoms with Crippen LogP contribution in [0.3, 0.4) is 0 Å². The van der Waals surface area contributed by atoms with Crippen molar-refractivity contribution in [2.45, 2.75) is 32.9 Å². The number of urea groups is 1. The van der Waals surface area contributed by atoms with Crippen LogP contribution in [-0.4, -0.2) is 46.9 Å². The zero-order chi connectivity index (χ0) is 20.5. The number of fused-ring (bicyclic) bond motifs is 1. The summed E-state index contributed by atoms with van der Waals surface area (Å²) in [5, 5.41) is 3.87. The minimum atomic E-state index is -0.148. The number of carbonyl (C=O) groups excluding carboxylic acids is 2. The predicted molar refractivity (Wildman–Crippen MR) is 113 cm³/mol. The Morgan fingerprint density at radius 2 is 1.66 bits per heavy atom. The van der Waals surface area contributed by atoms with E-state index in [2.05, 4.69) is 5.32 Å². The second-order valence-electron chi connectivity index (χ2n) is 7.76. The summed E-state index contributed by atoms with van der Waals surface area (Å²) in [5.74, 6) is 0.196. The molecule has 0 spiro atoms. The third-order valence-electron chi connectivity index (χ3n) is 5.38. The lowest BCUT2D eigenvalue weighted by molar-refractivity contribution is 0.0438. The van der Waals surface area contributed by atoms with Gasteiger partial charge in [0.25, 0.3) is 5.91 Å². The van der Waals surface area contributed by atoms with Gasteiger partial charge in [-0.05, 0) is 45.0 Å². The second-order valence-corrected chi connectivity index (χ2v) is 7.76. The first-order chi connectivity index (χ1) is 13.9. The van der Waals surface area contributed by atoms with Gasteiger partial charge in [0.15, 0.2) is 5.76 Å². The van der Waals surface area contributed by atoms with E-state index in [0.29, 0.717) is 24.4 Å². The number of anilines is 1. The fraction of sp³-hybridized carbons (Fsp3) is 0.304. The van der Waals surface area contributed by atoms with Crippen LogP contribution >= 0.6 is 0 Å². The number of amides is 3. The predicted octanol–water partition coefficient (Wildman–Crippen LogP) is 4.51. The third-order valence-corrected chi connectivity index (χ3v) is 5.38. The number of piperazine rings is 1. The largest absolute Gasteiger partial charge is 0.451 e. The van der Waals surface area contributed by atoms with Crippen LogP contribution in [0, 0.1) is 6.92 Å². The molecule has 1 fully saturated rings. The normalized spacial score (nSPS) is 19.4. The van der Waals surface area contributed by atoms with Gasteiger partial charge in [-0.2, -0.15) is 0 Å². The molecule has 3 aromatic rings. The van der Waals surface area contributed by atoms with E-state index in [1.807, 2.05) is 74.2 Å². The summed E-state index contributed by atoms with van der Waals surface area (Å²) in [6.45, 7) is 6.85. The van der Waals surface area contributed by atoms with E-state index in [1.165, 1.54) is 0 Å². The summed E-state index contributed by atoms with van der Waals surface area (Å²) in [7, 11) is 0. The molecule has 2 unspecified atom stereocenters. The van der Waals surface area contributed by atoms with Gasteiger partial charge in [0.1, 0.15) is 5.58 Å². The van der Waals surface area contributed by atoms with Gasteiger partial charge in [0, 0.05) is 36.2 Å². The van der Waals surface area contributed by atoms with Crippen molar-refractivity contribution in [3.8, 4) is 0 Å². The van der Waals surface area contributed by atoms with Crippen LogP contribution in [0.4, 0.5) is 10.5 Å². The molecule has 1 aliphatic heterocycles. The van der Waals surface area contributed by atoms with Crippen molar-refractivity contribution in [3.05, 3.63) is 65.9 Å². The summed E-state index contributed by atoms with van der Waals surface area (Å²) in [4.78, 5) is 29.4. The monoisotopic (exact) mass is 391 g/mol. The molecular formula is C23H25N3O3. The van der Waals surface area contributed by atoms with Crippen molar-refractivity contribution in [3.63, 3.8) is 0 Å². The molecule has 3 amide bonds. The van der Waals surface area contributed by atoms with Gasteiger partial charge in [0.2, 0.25) is 0 Å². The van der Waals surface area contributed by atoms with Gasteiger partial charge in [0.05, 0.1) is 0 Å². The van der Waals surface area contributed by atoms with Crippen LogP contribution in [-0.2, 0) is 0 Å². The maximum atomic E-state index is 13.0. The molecule has 1 saturated heterocycles. The van der Waals surface area contributed by atoms with Crippen LogP contribution in [0.2, 0.25) is 0 Å². The van der Waals surface area contributed by atoms with Gasteiger partial charge in [-0.3, -0.25) is 4.79 Å². The Balaban J connectivity index is 1.45. The quantitative estimate of drug-likeness (QED) is 0.699. The maximum Gasteiger partial charge on any atom is 0.322 e. The van der Waals surface area contributed by atoms with Crippen molar-refractivity contribution < 1.29 is 14.0 Å². The number of benzene rings is 2. The fourth-order valence-corrected chi connectivity index (χ4v) is 3.96. The number of nitrogens with one attached hydrogen (secondary N) is 1. The highest BCUT2D eigenvalue weighted by Gasteiger charge is 2.36. The van der Waals surface area contributed by atoms with E-state index in [1.54, 1.807) is 11.0 Å². The number of aryl methyl sites for hydroxylation is 1. The molecule has 2 aromatic carbocycles. The summed E-state index contributed by atoms with van der Waals surface area (Å²) in [5.41, 5.74) is 2.61. The highest BCUT2D eigenvalue weighted by molar-refractivity contribution is 5.96. The van der Waals surface area contributed by atoms with Gasteiger partial charge >= 0.3 is 6.03 Å². The van der Waals surface area contributed by atoms with E-state index in [0.717, 1.165) is 16.6 Å². The molecular weight excluding hydrogens is 366 g/mol. The molecule has 1 aliphatic rings. The lowest BCUT2D eigenvalue weighted by Gasteiger charge is -2.44. The van der Waals surface area contributed by atoms with E-state index < -0.39 is 0 Å². The number of furan rings is 1. The molecule has 1 aromatic heterocycles. The molecule has 0 bridgehead atoms. The number of rotatable bonds is 2. The van der Waals surface area contributed by atoms with Gasteiger partial charge < -0.3 is 19.5 Å². The Morgan fingerprint density at radius 3 is 2.31 bits per heavy atom. The average molecular weight is 391 g/mol. The summed E-state index contributed by atoms with van der Waals surface area (Å²) >= 11 is 0. The van der Waals surface area contributed by atoms with Crippen LogP contribution in [0.1, 0.15) is 30.0 Å². The van der Waals surface area contributed by atoms with Gasteiger partial charge in [-0.15, -0.1) is 0 Å². The van der Waals surface area contributed by atoms with Crippen molar-refractivity contribution in [1.82, 2.24) is 9.80 Å². The molecule has 150 valence electrons. The van der Waals surface area contributed by atoms with Crippen molar-refractivity contribution in [1.29, 1.82) is 0 Å². The summed E-state index contributed by atoms with van der Waals surface area (Å²) in [6, 6.07) is 16.7. The first kappa shape index (κ1) is 19.1. The smallest absolute Gasteiger partial charge is 0.322 e. The Morgan fingerprint density at radius 1 is 1.00 bits per heavy atom. The minimum Gasteiger partial charge on any atom is -0.451 e. The van der Waals surface area contributed by atoms with E-state index in [-0.39, 0.29) is 24.0 Å². The summed E-state index contributed by atoms with van der Waals surface area (Å²) < 4.78 is 5.73. The SMILES string of the molecule is Cc1ccc(NC(=O)N2C(C)CN(C(=O)c3cc4ccccc4o3)CC2C)cc1.